The third kappa shape index (κ3) is 5.29. The van der Waals surface area contributed by atoms with Crippen LogP contribution < -0.4 is 10.1 Å². The molecule has 0 aliphatic heterocycles. The Morgan fingerprint density at radius 1 is 1.22 bits per heavy atom. The smallest absolute Gasteiger partial charge is 0.317 e. The fourth-order valence-corrected chi connectivity index (χ4v) is 2.23. The van der Waals surface area contributed by atoms with E-state index >= 15 is 0 Å². The van der Waals surface area contributed by atoms with E-state index in [-0.39, 0.29) is 6.03 Å². The van der Waals surface area contributed by atoms with Gasteiger partial charge in [-0.1, -0.05) is 36.4 Å². The summed E-state index contributed by atoms with van der Waals surface area (Å²) in [5, 5.41) is 2.93. The van der Waals surface area contributed by atoms with Gasteiger partial charge < -0.3 is 15.0 Å². The van der Waals surface area contributed by atoms with Crippen molar-refractivity contribution in [1.29, 1.82) is 0 Å². The summed E-state index contributed by atoms with van der Waals surface area (Å²) < 4.78 is 5.49. The van der Waals surface area contributed by atoms with Gasteiger partial charge in [-0.15, -0.1) is 0 Å². The van der Waals surface area contributed by atoms with Crippen molar-refractivity contribution >= 4 is 6.03 Å². The monoisotopic (exact) mass is 313 g/mol. The van der Waals surface area contributed by atoms with Crippen molar-refractivity contribution in [3.05, 3.63) is 59.8 Å². The maximum Gasteiger partial charge on any atom is 0.317 e. The molecule has 0 unspecified atom stereocenters. The normalized spacial score (nSPS) is 10.2. The Morgan fingerprint density at radius 3 is 2.74 bits per heavy atom. The van der Waals surface area contributed by atoms with Crippen molar-refractivity contribution in [3.63, 3.8) is 0 Å². The molecule has 2 amide bonds. The van der Waals surface area contributed by atoms with E-state index in [1.54, 1.807) is 18.1 Å². The zero-order chi connectivity index (χ0) is 16.5. The molecule has 0 saturated heterocycles. The number of carbonyl (C=O) groups is 1. The van der Waals surface area contributed by atoms with Gasteiger partial charge in [0.25, 0.3) is 0 Å². The Kier molecular flexibility index (Phi) is 6.41. The molecule has 0 atom stereocenters. The average molecular weight is 313 g/mol. The number of aromatic nitrogens is 1. The number of carbonyl (C=O) groups excluding carboxylic acids is 1. The number of hydrogen-bond donors (Lipinski definition) is 1. The molecule has 1 heterocycles. The first-order valence-electron chi connectivity index (χ1n) is 7.80. The molecule has 0 saturated carbocycles. The quantitative estimate of drug-likeness (QED) is 0.855. The van der Waals surface area contributed by atoms with Crippen molar-refractivity contribution < 1.29 is 9.53 Å². The second kappa shape index (κ2) is 8.78. The first kappa shape index (κ1) is 16.8. The van der Waals surface area contributed by atoms with Crippen molar-refractivity contribution in [2.75, 3.05) is 20.2 Å². The van der Waals surface area contributed by atoms with Crippen LogP contribution >= 0.6 is 0 Å². The largest absolute Gasteiger partial charge is 0.478 e. The standard InChI is InChI=1S/C18H23N3O2/c1-3-23-17-16(10-7-12-19-17)14-21(2)18(22)20-13-11-15-8-5-4-6-9-15/h4-10,12H,3,11,13-14H2,1-2H3,(H,20,22). The van der Waals surface area contributed by atoms with Crippen molar-refractivity contribution in [3.8, 4) is 5.88 Å². The molecule has 0 fully saturated rings. The summed E-state index contributed by atoms with van der Waals surface area (Å²) in [5.41, 5.74) is 2.11. The number of rotatable bonds is 7. The first-order valence-corrected chi connectivity index (χ1v) is 7.80. The first-order chi connectivity index (χ1) is 11.2. The van der Waals surface area contributed by atoms with E-state index in [0.29, 0.717) is 25.6 Å². The Hall–Kier alpha value is -2.56. The van der Waals surface area contributed by atoms with Crippen LogP contribution in [0.15, 0.2) is 48.7 Å². The Labute approximate surface area is 137 Å². The van der Waals surface area contributed by atoms with Gasteiger partial charge in [0, 0.05) is 25.4 Å². The maximum atomic E-state index is 12.2. The fraction of sp³-hybridized carbons (Fsp3) is 0.333. The minimum atomic E-state index is -0.104. The molecule has 2 aromatic rings. The van der Waals surface area contributed by atoms with Crippen molar-refractivity contribution in [2.45, 2.75) is 19.9 Å². The summed E-state index contributed by atoms with van der Waals surface area (Å²) in [6, 6.07) is 13.8. The van der Waals surface area contributed by atoms with Crippen LogP contribution in [-0.4, -0.2) is 36.1 Å². The maximum absolute atomic E-state index is 12.2. The molecule has 23 heavy (non-hydrogen) atoms. The van der Waals surface area contributed by atoms with Crippen LogP contribution in [-0.2, 0) is 13.0 Å². The lowest BCUT2D eigenvalue weighted by Gasteiger charge is -2.19. The van der Waals surface area contributed by atoms with Crippen LogP contribution in [0, 0.1) is 0 Å². The Morgan fingerprint density at radius 2 is 2.00 bits per heavy atom. The van der Waals surface area contributed by atoms with Crippen LogP contribution in [0.1, 0.15) is 18.1 Å². The predicted molar refractivity (Wildman–Crippen MR) is 90.4 cm³/mol. The molecule has 122 valence electrons. The lowest BCUT2D eigenvalue weighted by atomic mass is 10.1. The van der Waals surface area contributed by atoms with Crippen molar-refractivity contribution in [2.24, 2.45) is 0 Å². The zero-order valence-electron chi connectivity index (χ0n) is 13.7. The summed E-state index contributed by atoms with van der Waals surface area (Å²) in [6.07, 6.45) is 2.51. The molecule has 0 radical (unpaired) electrons. The van der Waals surface area contributed by atoms with Gasteiger partial charge >= 0.3 is 6.03 Å². The number of ether oxygens (including phenoxy) is 1. The number of benzene rings is 1. The highest BCUT2D eigenvalue weighted by atomic mass is 16.5. The summed E-state index contributed by atoms with van der Waals surface area (Å²) >= 11 is 0. The number of nitrogens with zero attached hydrogens (tertiary/aromatic N) is 2. The number of nitrogens with one attached hydrogen (secondary N) is 1. The van der Waals surface area contributed by atoms with E-state index in [1.807, 2.05) is 37.3 Å². The topological polar surface area (TPSA) is 54.5 Å². The van der Waals surface area contributed by atoms with Gasteiger partial charge in [0.1, 0.15) is 0 Å². The molecule has 1 aromatic carbocycles. The predicted octanol–water partition coefficient (Wildman–Crippen LogP) is 2.86. The third-order valence-electron chi connectivity index (χ3n) is 3.42. The Balaban J connectivity index is 1.83. The number of amides is 2. The highest BCUT2D eigenvalue weighted by molar-refractivity contribution is 5.73. The zero-order valence-corrected chi connectivity index (χ0v) is 13.7. The number of hydrogen-bond acceptors (Lipinski definition) is 3. The Bertz CT molecular complexity index is 617. The molecule has 0 aliphatic rings. The summed E-state index contributed by atoms with van der Waals surface area (Å²) in [4.78, 5) is 18.0. The van der Waals surface area contributed by atoms with Crippen LogP contribution in [0.5, 0.6) is 5.88 Å². The van der Waals surface area contributed by atoms with E-state index in [1.165, 1.54) is 5.56 Å². The highest BCUT2D eigenvalue weighted by Gasteiger charge is 2.12. The van der Waals surface area contributed by atoms with Gasteiger partial charge in [0.2, 0.25) is 5.88 Å². The molecule has 0 bridgehead atoms. The fourth-order valence-electron chi connectivity index (χ4n) is 2.23. The SMILES string of the molecule is CCOc1ncccc1CN(C)C(=O)NCCc1ccccc1. The molecular formula is C18H23N3O2. The molecule has 0 spiro atoms. The minimum absolute atomic E-state index is 0.104. The molecule has 0 aliphatic carbocycles. The van der Waals surface area contributed by atoms with E-state index < -0.39 is 0 Å². The van der Waals surface area contributed by atoms with Gasteiger partial charge in [-0.25, -0.2) is 9.78 Å². The lowest BCUT2D eigenvalue weighted by Crippen LogP contribution is -2.37. The number of urea groups is 1. The minimum Gasteiger partial charge on any atom is -0.478 e. The molecule has 2 rings (SSSR count). The summed E-state index contributed by atoms with van der Waals surface area (Å²) in [5.74, 6) is 0.582. The average Bonchev–Trinajstić information content (AvgIpc) is 2.57. The number of pyridine rings is 1. The van der Waals surface area contributed by atoms with E-state index in [4.69, 9.17) is 4.74 Å². The van der Waals surface area contributed by atoms with Crippen LogP contribution in [0.4, 0.5) is 4.79 Å². The molecular weight excluding hydrogens is 290 g/mol. The van der Waals surface area contributed by atoms with E-state index in [2.05, 4.69) is 22.4 Å². The van der Waals surface area contributed by atoms with Crippen LogP contribution in [0.25, 0.3) is 0 Å². The van der Waals surface area contributed by atoms with Gasteiger partial charge in [-0.05, 0) is 25.0 Å². The van der Waals surface area contributed by atoms with Gasteiger partial charge in [0.05, 0.1) is 13.2 Å². The second-order valence-corrected chi connectivity index (χ2v) is 5.22. The molecule has 5 nitrogen and oxygen atoms in total. The summed E-state index contributed by atoms with van der Waals surface area (Å²) in [6.45, 7) is 3.54. The van der Waals surface area contributed by atoms with Gasteiger partial charge in [0.15, 0.2) is 0 Å². The van der Waals surface area contributed by atoms with E-state index in [0.717, 1.165) is 12.0 Å². The van der Waals surface area contributed by atoms with Gasteiger partial charge in [-0.2, -0.15) is 0 Å². The lowest BCUT2D eigenvalue weighted by molar-refractivity contribution is 0.206. The van der Waals surface area contributed by atoms with E-state index in [9.17, 15) is 4.79 Å². The van der Waals surface area contributed by atoms with Crippen molar-refractivity contribution in [1.82, 2.24) is 15.2 Å². The molecule has 1 N–H and O–H groups in total. The third-order valence-corrected chi connectivity index (χ3v) is 3.42. The highest BCUT2D eigenvalue weighted by Crippen LogP contribution is 2.16. The van der Waals surface area contributed by atoms with Crippen LogP contribution in [0.3, 0.4) is 0 Å². The molecule has 5 heteroatoms. The van der Waals surface area contributed by atoms with Crippen LogP contribution in [0.2, 0.25) is 0 Å². The second-order valence-electron chi connectivity index (χ2n) is 5.22. The molecule has 1 aromatic heterocycles. The van der Waals surface area contributed by atoms with Gasteiger partial charge in [-0.3, -0.25) is 0 Å². The summed E-state index contributed by atoms with van der Waals surface area (Å²) in [7, 11) is 1.76.